The van der Waals surface area contributed by atoms with Gasteiger partial charge in [-0.1, -0.05) is 41.9 Å². The highest BCUT2D eigenvalue weighted by atomic mass is 35.5. The topological polar surface area (TPSA) is 47.4 Å². The molecule has 0 radical (unpaired) electrons. The fourth-order valence-electron chi connectivity index (χ4n) is 3.24. The zero-order chi connectivity index (χ0) is 18.1. The SMILES string of the molecule is CC1Cc2ccccc2N1C(=O)c1ccn(COc2ccccc2Cl)n1. The van der Waals surface area contributed by atoms with Crippen molar-refractivity contribution < 1.29 is 9.53 Å². The first-order valence-corrected chi connectivity index (χ1v) is 8.83. The average molecular weight is 368 g/mol. The molecule has 0 saturated heterocycles. The summed E-state index contributed by atoms with van der Waals surface area (Å²) in [6, 6.07) is 17.1. The number of carbonyl (C=O) groups excluding carboxylic acids is 1. The summed E-state index contributed by atoms with van der Waals surface area (Å²) in [5.41, 5.74) is 2.55. The molecule has 2 aromatic carbocycles. The molecule has 1 aromatic heterocycles. The van der Waals surface area contributed by atoms with Crippen LogP contribution in [0.1, 0.15) is 23.0 Å². The van der Waals surface area contributed by atoms with E-state index in [2.05, 4.69) is 18.1 Å². The van der Waals surface area contributed by atoms with E-state index in [9.17, 15) is 4.79 Å². The number of carbonyl (C=O) groups is 1. The minimum Gasteiger partial charge on any atom is -0.470 e. The third-order valence-electron chi connectivity index (χ3n) is 4.47. The second kappa shape index (κ2) is 6.84. The lowest BCUT2D eigenvalue weighted by atomic mass is 10.1. The molecule has 0 spiro atoms. The highest BCUT2D eigenvalue weighted by molar-refractivity contribution is 6.32. The van der Waals surface area contributed by atoms with Crippen molar-refractivity contribution in [1.29, 1.82) is 0 Å². The third kappa shape index (κ3) is 3.06. The van der Waals surface area contributed by atoms with E-state index in [4.69, 9.17) is 16.3 Å². The van der Waals surface area contributed by atoms with E-state index in [1.807, 2.05) is 35.2 Å². The second-order valence-corrected chi connectivity index (χ2v) is 6.71. The van der Waals surface area contributed by atoms with Crippen molar-refractivity contribution in [3.8, 4) is 5.75 Å². The van der Waals surface area contributed by atoms with Gasteiger partial charge in [-0.05, 0) is 43.2 Å². The molecule has 0 saturated carbocycles. The maximum absolute atomic E-state index is 12.9. The van der Waals surface area contributed by atoms with E-state index in [0.29, 0.717) is 16.5 Å². The maximum atomic E-state index is 12.9. The molecule has 1 aliphatic heterocycles. The van der Waals surface area contributed by atoms with Crippen LogP contribution in [0.3, 0.4) is 0 Å². The lowest BCUT2D eigenvalue weighted by Gasteiger charge is -2.21. The van der Waals surface area contributed by atoms with Crippen molar-refractivity contribution in [2.75, 3.05) is 4.90 Å². The van der Waals surface area contributed by atoms with Gasteiger partial charge in [-0.3, -0.25) is 4.79 Å². The van der Waals surface area contributed by atoms with E-state index >= 15 is 0 Å². The molecule has 26 heavy (non-hydrogen) atoms. The number of hydrogen-bond acceptors (Lipinski definition) is 3. The van der Waals surface area contributed by atoms with E-state index in [1.165, 1.54) is 5.56 Å². The van der Waals surface area contributed by atoms with Crippen LogP contribution in [0.15, 0.2) is 60.8 Å². The van der Waals surface area contributed by atoms with Gasteiger partial charge in [0.25, 0.3) is 5.91 Å². The van der Waals surface area contributed by atoms with Gasteiger partial charge in [0.1, 0.15) is 5.75 Å². The van der Waals surface area contributed by atoms with Crippen LogP contribution >= 0.6 is 11.6 Å². The summed E-state index contributed by atoms with van der Waals surface area (Å²) >= 11 is 6.08. The molecule has 4 rings (SSSR count). The van der Waals surface area contributed by atoms with Crippen LogP contribution < -0.4 is 9.64 Å². The number of aromatic nitrogens is 2. The highest BCUT2D eigenvalue weighted by Crippen LogP contribution is 2.32. The van der Waals surface area contributed by atoms with Crippen LogP contribution in [-0.2, 0) is 13.2 Å². The van der Waals surface area contributed by atoms with Gasteiger partial charge in [0, 0.05) is 17.9 Å². The van der Waals surface area contributed by atoms with Gasteiger partial charge in [-0.15, -0.1) is 0 Å². The van der Waals surface area contributed by atoms with Crippen molar-refractivity contribution in [2.45, 2.75) is 26.1 Å². The van der Waals surface area contributed by atoms with Gasteiger partial charge in [0.05, 0.1) is 5.02 Å². The molecule has 0 bridgehead atoms. The molecule has 132 valence electrons. The molecule has 1 amide bonds. The van der Waals surface area contributed by atoms with Gasteiger partial charge >= 0.3 is 0 Å². The van der Waals surface area contributed by atoms with Gasteiger partial charge in [-0.25, -0.2) is 4.68 Å². The second-order valence-electron chi connectivity index (χ2n) is 6.30. The first-order chi connectivity index (χ1) is 12.6. The number of anilines is 1. The Morgan fingerprint density at radius 2 is 1.96 bits per heavy atom. The number of nitrogens with zero attached hydrogens (tertiary/aromatic N) is 3. The molecular formula is C20H18ClN3O2. The molecule has 5 nitrogen and oxygen atoms in total. The minimum atomic E-state index is -0.0982. The predicted octanol–water partition coefficient (Wildman–Crippen LogP) is 4.16. The Kier molecular flexibility index (Phi) is 4.39. The summed E-state index contributed by atoms with van der Waals surface area (Å²) < 4.78 is 7.25. The van der Waals surface area contributed by atoms with Crippen molar-refractivity contribution in [3.63, 3.8) is 0 Å². The normalized spacial score (nSPS) is 15.8. The van der Waals surface area contributed by atoms with E-state index < -0.39 is 0 Å². The maximum Gasteiger partial charge on any atom is 0.279 e. The van der Waals surface area contributed by atoms with E-state index in [0.717, 1.165) is 12.1 Å². The Labute approximate surface area is 156 Å². The quantitative estimate of drug-likeness (QED) is 0.695. The van der Waals surface area contributed by atoms with Crippen LogP contribution in [0, 0.1) is 0 Å². The Morgan fingerprint density at radius 3 is 2.81 bits per heavy atom. The van der Waals surface area contributed by atoms with Crippen LogP contribution in [0.5, 0.6) is 5.75 Å². The first-order valence-electron chi connectivity index (χ1n) is 8.46. The molecule has 1 aliphatic rings. The number of benzene rings is 2. The monoisotopic (exact) mass is 367 g/mol. The van der Waals surface area contributed by atoms with Gasteiger partial charge in [-0.2, -0.15) is 5.10 Å². The number of rotatable bonds is 4. The summed E-state index contributed by atoms with van der Waals surface area (Å²) in [6.07, 6.45) is 2.59. The fourth-order valence-corrected chi connectivity index (χ4v) is 3.43. The molecule has 1 atom stereocenters. The molecule has 0 fully saturated rings. The number of halogens is 1. The summed E-state index contributed by atoms with van der Waals surface area (Å²) in [4.78, 5) is 14.8. The number of fused-ring (bicyclic) bond motifs is 1. The van der Waals surface area contributed by atoms with Crippen LogP contribution in [0.2, 0.25) is 5.02 Å². The zero-order valence-corrected chi connectivity index (χ0v) is 15.1. The number of para-hydroxylation sites is 2. The molecule has 1 unspecified atom stereocenters. The largest absolute Gasteiger partial charge is 0.470 e. The summed E-state index contributed by atoms with van der Waals surface area (Å²) in [7, 11) is 0. The Morgan fingerprint density at radius 1 is 1.19 bits per heavy atom. The number of amides is 1. The van der Waals surface area contributed by atoms with Crippen molar-refractivity contribution in [2.24, 2.45) is 0 Å². The molecule has 0 aliphatic carbocycles. The summed E-state index contributed by atoms with van der Waals surface area (Å²) in [5.74, 6) is 0.485. The molecular weight excluding hydrogens is 350 g/mol. The fraction of sp³-hybridized carbons (Fsp3) is 0.200. The van der Waals surface area contributed by atoms with E-state index in [-0.39, 0.29) is 18.7 Å². The standard InChI is InChI=1S/C20H18ClN3O2/c1-14-12-15-6-2-4-8-18(15)24(14)20(25)17-10-11-23(22-17)13-26-19-9-5-3-7-16(19)21/h2-11,14H,12-13H2,1H3. The van der Waals surface area contributed by atoms with Crippen molar-refractivity contribution in [1.82, 2.24) is 9.78 Å². The lowest BCUT2D eigenvalue weighted by molar-refractivity contribution is 0.0974. The van der Waals surface area contributed by atoms with Gasteiger partial charge < -0.3 is 9.64 Å². The van der Waals surface area contributed by atoms with Gasteiger partial charge in [0.15, 0.2) is 12.4 Å². The van der Waals surface area contributed by atoms with Gasteiger partial charge in [0.2, 0.25) is 0 Å². The summed E-state index contributed by atoms with van der Waals surface area (Å²) in [6.45, 7) is 2.23. The van der Waals surface area contributed by atoms with Crippen LogP contribution in [0.4, 0.5) is 5.69 Å². The van der Waals surface area contributed by atoms with Crippen molar-refractivity contribution in [3.05, 3.63) is 77.1 Å². The molecule has 0 N–H and O–H groups in total. The molecule has 3 aromatic rings. The Balaban J connectivity index is 1.49. The molecule has 2 heterocycles. The van der Waals surface area contributed by atoms with Crippen LogP contribution in [0.25, 0.3) is 0 Å². The average Bonchev–Trinajstić information content (AvgIpc) is 3.24. The van der Waals surface area contributed by atoms with Crippen molar-refractivity contribution >= 4 is 23.2 Å². The zero-order valence-electron chi connectivity index (χ0n) is 14.3. The lowest BCUT2D eigenvalue weighted by Crippen LogP contribution is -2.36. The Bertz CT molecular complexity index is 953. The molecule has 6 heteroatoms. The number of ether oxygens (including phenoxy) is 1. The number of hydrogen-bond donors (Lipinski definition) is 0. The smallest absolute Gasteiger partial charge is 0.279 e. The summed E-state index contributed by atoms with van der Waals surface area (Å²) in [5, 5.41) is 4.90. The predicted molar refractivity (Wildman–Crippen MR) is 101 cm³/mol. The third-order valence-corrected chi connectivity index (χ3v) is 4.79. The van der Waals surface area contributed by atoms with E-state index in [1.54, 1.807) is 29.1 Å². The minimum absolute atomic E-state index is 0.0982. The van der Waals surface area contributed by atoms with Crippen LogP contribution in [-0.4, -0.2) is 21.7 Å². The highest BCUT2D eigenvalue weighted by Gasteiger charge is 2.32. The Hall–Kier alpha value is -2.79. The first kappa shape index (κ1) is 16.7.